The second-order valence-electron chi connectivity index (χ2n) is 5.84. The molecule has 2 aromatic heterocycles. The molecule has 126 valence electrons. The van der Waals surface area contributed by atoms with Crippen molar-refractivity contribution in [2.75, 3.05) is 38.6 Å². The van der Waals surface area contributed by atoms with Crippen LogP contribution >= 0.6 is 11.6 Å². The molecule has 0 unspecified atom stereocenters. The van der Waals surface area contributed by atoms with Gasteiger partial charge in [0.05, 0.1) is 0 Å². The maximum atomic E-state index is 5.98. The topological polar surface area (TPSA) is 50.1 Å². The van der Waals surface area contributed by atoms with E-state index >= 15 is 0 Å². The van der Waals surface area contributed by atoms with Gasteiger partial charge in [-0.3, -0.25) is 4.57 Å². The molecule has 0 amide bonds. The Hall–Kier alpha value is -2.18. The predicted octanol–water partition coefficient (Wildman–Crippen LogP) is 2.86. The number of imidazole rings is 1. The molecule has 0 saturated carbocycles. The minimum absolute atomic E-state index is 0.708. The second-order valence-corrected chi connectivity index (χ2v) is 6.28. The molecule has 0 radical (unpaired) electrons. The number of rotatable bonds is 6. The highest BCUT2D eigenvalue weighted by molar-refractivity contribution is 6.30. The van der Waals surface area contributed by atoms with E-state index in [1.54, 1.807) is 12.7 Å². The number of nitrogens with zero attached hydrogens (tertiary/aromatic N) is 6. The molecule has 0 aliphatic heterocycles. The number of likely N-dealkylation sites (N-methyl/N-ethyl adjacent to an activating group) is 2. The first-order chi connectivity index (χ1) is 11.6. The van der Waals surface area contributed by atoms with E-state index < -0.39 is 0 Å². The molecule has 0 fully saturated rings. The average molecular weight is 345 g/mol. The van der Waals surface area contributed by atoms with Crippen molar-refractivity contribution in [2.45, 2.75) is 6.92 Å². The van der Waals surface area contributed by atoms with Crippen molar-refractivity contribution in [1.29, 1.82) is 0 Å². The molecule has 0 spiro atoms. The minimum atomic E-state index is 0.708. The van der Waals surface area contributed by atoms with Crippen molar-refractivity contribution >= 4 is 28.6 Å². The Balaban J connectivity index is 2.01. The first-order valence-corrected chi connectivity index (χ1v) is 8.31. The van der Waals surface area contributed by atoms with Crippen molar-refractivity contribution in [3.05, 3.63) is 41.9 Å². The fraction of sp³-hybridized carbons (Fsp3) is 0.353. The maximum Gasteiger partial charge on any atom is 0.170 e. The smallest absolute Gasteiger partial charge is 0.170 e. The van der Waals surface area contributed by atoms with Crippen LogP contribution in [-0.4, -0.2) is 58.1 Å². The molecule has 1 aromatic carbocycles. The van der Waals surface area contributed by atoms with Crippen LogP contribution in [-0.2, 0) is 0 Å². The standard InChI is InChI=1S/C17H21ClN6/c1-4-23(10-9-22(2)3)16-15-17(20-11-19-16)24(12-21-15)14-7-5-13(18)6-8-14/h5-8,11-12H,4,9-10H2,1-3H3. The molecule has 2 heterocycles. The van der Waals surface area contributed by atoms with Gasteiger partial charge in [-0.1, -0.05) is 11.6 Å². The zero-order chi connectivity index (χ0) is 17.1. The summed E-state index contributed by atoms with van der Waals surface area (Å²) in [5.74, 6) is 0.872. The third-order valence-corrected chi connectivity index (χ3v) is 4.17. The molecule has 0 aliphatic rings. The SMILES string of the molecule is CCN(CCN(C)C)c1ncnc2c1ncn2-c1ccc(Cl)cc1. The summed E-state index contributed by atoms with van der Waals surface area (Å²) in [5.41, 5.74) is 2.58. The second kappa shape index (κ2) is 7.15. The van der Waals surface area contributed by atoms with Gasteiger partial charge in [-0.2, -0.15) is 0 Å². The van der Waals surface area contributed by atoms with Gasteiger partial charge in [0.2, 0.25) is 0 Å². The summed E-state index contributed by atoms with van der Waals surface area (Å²) in [5, 5.41) is 0.708. The lowest BCUT2D eigenvalue weighted by molar-refractivity contribution is 0.413. The van der Waals surface area contributed by atoms with Crippen LogP contribution in [0.2, 0.25) is 5.02 Å². The first-order valence-electron chi connectivity index (χ1n) is 7.94. The van der Waals surface area contributed by atoms with Gasteiger partial charge in [-0.05, 0) is 45.3 Å². The van der Waals surface area contributed by atoms with Gasteiger partial charge in [0, 0.05) is 30.3 Å². The summed E-state index contributed by atoms with van der Waals surface area (Å²) < 4.78 is 1.95. The quantitative estimate of drug-likeness (QED) is 0.688. The van der Waals surface area contributed by atoms with Crippen molar-refractivity contribution < 1.29 is 0 Å². The number of halogens is 1. The van der Waals surface area contributed by atoms with E-state index in [1.807, 2.05) is 28.8 Å². The van der Waals surface area contributed by atoms with Crippen LogP contribution < -0.4 is 4.90 Å². The first kappa shape index (κ1) is 16.7. The zero-order valence-electron chi connectivity index (χ0n) is 14.1. The summed E-state index contributed by atoms with van der Waals surface area (Å²) in [7, 11) is 4.14. The molecule has 3 rings (SSSR count). The lowest BCUT2D eigenvalue weighted by Crippen LogP contribution is -2.32. The maximum absolute atomic E-state index is 5.98. The average Bonchev–Trinajstić information content (AvgIpc) is 3.00. The van der Waals surface area contributed by atoms with Gasteiger partial charge in [0.25, 0.3) is 0 Å². The van der Waals surface area contributed by atoms with Crippen molar-refractivity contribution in [2.24, 2.45) is 0 Å². The summed E-state index contributed by atoms with van der Waals surface area (Å²) in [6.45, 7) is 4.84. The highest BCUT2D eigenvalue weighted by Crippen LogP contribution is 2.24. The molecular weight excluding hydrogens is 324 g/mol. The van der Waals surface area contributed by atoms with E-state index in [0.29, 0.717) is 5.02 Å². The minimum Gasteiger partial charge on any atom is -0.354 e. The molecule has 0 bridgehead atoms. The van der Waals surface area contributed by atoms with Crippen molar-refractivity contribution in [1.82, 2.24) is 24.4 Å². The number of fused-ring (bicyclic) bond motifs is 1. The van der Waals surface area contributed by atoms with Gasteiger partial charge >= 0.3 is 0 Å². The van der Waals surface area contributed by atoms with Crippen LogP contribution in [0.4, 0.5) is 5.82 Å². The van der Waals surface area contributed by atoms with Gasteiger partial charge in [0.1, 0.15) is 12.7 Å². The monoisotopic (exact) mass is 344 g/mol. The van der Waals surface area contributed by atoms with Crippen molar-refractivity contribution in [3.63, 3.8) is 0 Å². The number of hydrogen-bond donors (Lipinski definition) is 0. The molecule has 7 heteroatoms. The van der Waals surface area contributed by atoms with Crippen LogP contribution in [0.15, 0.2) is 36.9 Å². The molecule has 0 saturated heterocycles. The fourth-order valence-corrected chi connectivity index (χ4v) is 2.70. The van der Waals surface area contributed by atoms with Crippen LogP contribution in [0.1, 0.15) is 6.92 Å². The van der Waals surface area contributed by atoms with E-state index in [1.165, 1.54) is 0 Å². The summed E-state index contributed by atoms with van der Waals surface area (Å²) in [6, 6.07) is 7.63. The molecule has 24 heavy (non-hydrogen) atoms. The third-order valence-electron chi connectivity index (χ3n) is 3.92. The van der Waals surface area contributed by atoms with Gasteiger partial charge < -0.3 is 9.80 Å². The number of anilines is 1. The number of aromatic nitrogens is 4. The lowest BCUT2D eigenvalue weighted by atomic mass is 10.3. The predicted molar refractivity (Wildman–Crippen MR) is 98.1 cm³/mol. The molecule has 0 aliphatic carbocycles. The Labute approximate surface area is 146 Å². The third kappa shape index (κ3) is 3.34. The van der Waals surface area contributed by atoms with Crippen LogP contribution in [0.5, 0.6) is 0 Å². The Morgan fingerprint density at radius 2 is 1.79 bits per heavy atom. The Morgan fingerprint density at radius 1 is 1.04 bits per heavy atom. The number of hydrogen-bond acceptors (Lipinski definition) is 5. The Kier molecular flexibility index (Phi) is 4.97. The molecule has 0 N–H and O–H groups in total. The fourth-order valence-electron chi connectivity index (χ4n) is 2.58. The van der Waals surface area contributed by atoms with Crippen molar-refractivity contribution in [3.8, 4) is 5.69 Å². The van der Waals surface area contributed by atoms with Crippen LogP contribution in [0.3, 0.4) is 0 Å². The molecule has 0 atom stereocenters. The number of benzene rings is 1. The zero-order valence-corrected chi connectivity index (χ0v) is 14.9. The van der Waals surface area contributed by atoms with E-state index in [9.17, 15) is 0 Å². The summed E-state index contributed by atoms with van der Waals surface area (Å²) in [6.07, 6.45) is 3.38. The Morgan fingerprint density at radius 3 is 2.46 bits per heavy atom. The largest absolute Gasteiger partial charge is 0.354 e. The lowest BCUT2D eigenvalue weighted by Gasteiger charge is -2.23. The van der Waals surface area contributed by atoms with Crippen LogP contribution in [0.25, 0.3) is 16.9 Å². The van der Waals surface area contributed by atoms with E-state index in [0.717, 1.165) is 42.3 Å². The normalized spacial score (nSPS) is 11.4. The molecule has 3 aromatic rings. The molecule has 6 nitrogen and oxygen atoms in total. The van der Waals surface area contributed by atoms with Gasteiger partial charge in [0.15, 0.2) is 17.0 Å². The highest BCUT2D eigenvalue weighted by atomic mass is 35.5. The van der Waals surface area contributed by atoms with Gasteiger partial charge in [-0.15, -0.1) is 0 Å². The molecular formula is C17H21ClN6. The van der Waals surface area contributed by atoms with Crippen LogP contribution in [0, 0.1) is 0 Å². The van der Waals surface area contributed by atoms with E-state index in [-0.39, 0.29) is 0 Å². The summed E-state index contributed by atoms with van der Waals surface area (Å²) >= 11 is 5.98. The van der Waals surface area contributed by atoms with E-state index in [4.69, 9.17) is 11.6 Å². The Bertz CT molecular complexity index is 812. The van der Waals surface area contributed by atoms with E-state index in [2.05, 4.69) is 45.8 Å². The van der Waals surface area contributed by atoms with Gasteiger partial charge in [-0.25, -0.2) is 15.0 Å². The summed E-state index contributed by atoms with van der Waals surface area (Å²) in [4.78, 5) is 17.9. The highest BCUT2D eigenvalue weighted by Gasteiger charge is 2.15.